The second-order valence-corrected chi connectivity index (χ2v) is 8.04. The highest BCUT2D eigenvalue weighted by Crippen LogP contribution is 2.45. The highest BCUT2D eigenvalue weighted by Gasteiger charge is 2.46. The molecule has 1 fully saturated rings. The van der Waals surface area contributed by atoms with Crippen molar-refractivity contribution in [3.05, 3.63) is 58.1 Å². The summed E-state index contributed by atoms with van der Waals surface area (Å²) in [5, 5.41) is 0. The molecule has 0 aliphatic carbocycles. The predicted molar refractivity (Wildman–Crippen MR) is 94.8 cm³/mol. The Hall–Kier alpha value is -2.45. The average Bonchev–Trinajstić information content (AvgIpc) is 2.91. The van der Waals surface area contributed by atoms with E-state index in [4.69, 9.17) is 18.3 Å². The monoisotopic (exact) mass is 375 g/mol. The van der Waals surface area contributed by atoms with Gasteiger partial charge in [0, 0.05) is 24.6 Å². The maximum atomic E-state index is 12.2. The molecule has 0 bridgehead atoms. The van der Waals surface area contributed by atoms with E-state index >= 15 is 0 Å². The summed E-state index contributed by atoms with van der Waals surface area (Å²) in [4.78, 5) is 16.9. The zero-order valence-corrected chi connectivity index (χ0v) is 14.9. The van der Waals surface area contributed by atoms with Crippen molar-refractivity contribution in [1.82, 2.24) is 0 Å². The molecule has 136 valence electrons. The van der Waals surface area contributed by atoms with Crippen molar-refractivity contribution in [2.24, 2.45) is 4.99 Å². The lowest BCUT2D eigenvalue weighted by Crippen LogP contribution is -2.44. The zero-order valence-electron chi connectivity index (χ0n) is 14.1. The third-order valence-corrected chi connectivity index (χ3v) is 5.13. The van der Waals surface area contributed by atoms with E-state index in [-0.39, 0.29) is 17.9 Å². The Balaban J connectivity index is 1.83. The predicted octanol–water partition coefficient (Wildman–Crippen LogP) is 1.97. The standard InChI is InChI=1S/C18H17NO6S/c1-26(21,22)25-17-14(20)6-9-24-15(17)10-18-11-23-8-7-16(18)19-13-5-3-2-4-12(13)18/h2-6,9H,7-8,10-11H2,1H3. The summed E-state index contributed by atoms with van der Waals surface area (Å²) in [5.74, 6) is -0.142. The van der Waals surface area contributed by atoms with Crippen molar-refractivity contribution in [1.29, 1.82) is 0 Å². The van der Waals surface area contributed by atoms with E-state index in [1.807, 2.05) is 24.3 Å². The molecule has 0 spiro atoms. The topological polar surface area (TPSA) is 95.2 Å². The number of benzene rings is 1. The molecule has 7 nitrogen and oxygen atoms in total. The van der Waals surface area contributed by atoms with E-state index in [1.54, 1.807) is 0 Å². The largest absolute Gasteiger partial charge is 0.465 e. The van der Waals surface area contributed by atoms with Crippen LogP contribution in [0.15, 0.2) is 50.8 Å². The first-order valence-corrected chi connectivity index (χ1v) is 9.96. The molecule has 1 saturated heterocycles. The molecular weight excluding hydrogens is 358 g/mol. The Bertz CT molecular complexity index is 1060. The number of para-hydroxylation sites is 1. The summed E-state index contributed by atoms with van der Waals surface area (Å²) in [6.07, 6.45) is 3.02. The normalized spacial score (nSPS) is 21.7. The number of hydrogen-bond donors (Lipinski definition) is 0. The Kier molecular flexibility index (Phi) is 3.96. The van der Waals surface area contributed by atoms with Crippen LogP contribution in [-0.4, -0.2) is 33.6 Å². The molecule has 0 radical (unpaired) electrons. The summed E-state index contributed by atoms with van der Waals surface area (Å²) < 4.78 is 39.3. The summed E-state index contributed by atoms with van der Waals surface area (Å²) in [6.45, 7) is 0.944. The minimum atomic E-state index is -3.87. The van der Waals surface area contributed by atoms with Crippen molar-refractivity contribution in [2.45, 2.75) is 18.3 Å². The molecule has 0 N–H and O–H groups in total. The summed E-state index contributed by atoms with van der Waals surface area (Å²) in [5.41, 5.74) is 1.64. The Labute approximate surface area is 150 Å². The number of hydrogen-bond acceptors (Lipinski definition) is 7. The molecule has 8 heteroatoms. The molecule has 1 unspecified atom stereocenters. The van der Waals surface area contributed by atoms with Gasteiger partial charge in [0.15, 0.2) is 5.76 Å². The molecular formula is C18H17NO6S. The van der Waals surface area contributed by atoms with Gasteiger partial charge in [-0.1, -0.05) is 18.2 Å². The summed E-state index contributed by atoms with van der Waals surface area (Å²) in [6, 6.07) is 8.87. The van der Waals surface area contributed by atoms with Crippen LogP contribution in [0.25, 0.3) is 0 Å². The van der Waals surface area contributed by atoms with E-state index in [0.717, 1.165) is 29.3 Å². The number of rotatable bonds is 4. The van der Waals surface area contributed by atoms with E-state index in [2.05, 4.69) is 0 Å². The van der Waals surface area contributed by atoms with Crippen LogP contribution in [-0.2, 0) is 26.7 Å². The van der Waals surface area contributed by atoms with Crippen LogP contribution >= 0.6 is 0 Å². The van der Waals surface area contributed by atoms with Crippen LogP contribution in [0.2, 0.25) is 0 Å². The van der Waals surface area contributed by atoms with Gasteiger partial charge in [-0.15, -0.1) is 0 Å². The molecule has 0 amide bonds. The first kappa shape index (κ1) is 17.0. The van der Waals surface area contributed by atoms with Gasteiger partial charge in [0.25, 0.3) is 0 Å². The van der Waals surface area contributed by atoms with Crippen LogP contribution < -0.4 is 9.61 Å². The fourth-order valence-electron chi connectivity index (χ4n) is 3.58. The fourth-order valence-corrected chi connectivity index (χ4v) is 4.06. The summed E-state index contributed by atoms with van der Waals surface area (Å²) in [7, 11) is -3.87. The van der Waals surface area contributed by atoms with Gasteiger partial charge in [0.2, 0.25) is 11.2 Å². The Morgan fingerprint density at radius 3 is 2.88 bits per heavy atom. The van der Waals surface area contributed by atoms with Crippen LogP contribution in [0, 0.1) is 0 Å². The SMILES string of the molecule is CS(=O)(=O)Oc1c(CC23COCCC2=Nc2ccccc23)occc1=O. The van der Waals surface area contributed by atoms with Gasteiger partial charge in [-0.2, -0.15) is 8.42 Å². The van der Waals surface area contributed by atoms with E-state index < -0.39 is 21.0 Å². The van der Waals surface area contributed by atoms with Crippen LogP contribution in [0.3, 0.4) is 0 Å². The fraction of sp³-hybridized carbons (Fsp3) is 0.333. The van der Waals surface area contributed by atoms with E-state index in [0.29, 0.717) is 19.6 Å². The summed E-state index contributed by atoms with van der Waals surface area (Å²) >= 11 is 0. The highest BCUT2D eigenvalue weighted by atomic mass is 32.2. The van der Waals surface area contributed by atoms with Gasteiger partial charge < -0.3 is 13.3 Å². The van der Waals surface area contributed by atoms with Crippen LogP contribution in [0.1, 0.15) is 17.7 Å². The molecule has 26 heavy (non-hydrogen) atoms. The smallest absolute Gasteiger partial charge is 0.306 e. The molecule has 2 aliphatic heterocycles. The van der Waals surface area contributed by atoms with Crippen molar-refractivity contribution >= 4 is 21.5 Å². The van der Waals surface area contributed by atoms with Gasteiger partial charge in [-0.25, -0.2) is 0 Å². The number of nitrogens with zero attached hydrogens (tertiary/aromatic N) is 1. The number of aliphatic imine (C=N–C) groups is 1. The Morgan fingerprint density at radius 2 is 2.08 bits per heavy atom. The molecule has 2 aliphatic rings. The number of fused-ring (bicyclic) bond motifs is 3. The van der Waals surface area contributed by atoms with Gasteiger partial charge in [-0.05, 0) is 11.6 Å². The quantitative estimate of drug-likeness (QED) is 0.758. The molecule has 1 aromatic heterocycles. The maximum Gasteiger partial charge on any atom is 0.306 e. The second kappa shape index (κ2) is 6.07. The van der Waals surface area contributed by atoms with E-state index in [1.165, 1.54) is 6.26 Å². The third kappa shape index (κ3) is 2.85. The van der Waals surface area contributed by atoms with Crippen molar-refractivity contribution < 1.29 is 21.8 Å². The first-order chi connectivity index (χ1) is 12.4. The average molecular weight is 375 g/mol. The van der Waals surface area contributed by atoms with Crippen LogP contribution in [0.4, 0.5) is 5.69 Å². The maximum absolute atomic E-state index is 12.2. The second-order valence-electron chi connectivity index (χ2n) is 6.46. The van der Waals surface area contributed by atoms with E-state index in [9.17, 15) is 13.2 Å². The van der Waals surface area contributed by atoms with Crippen molar-refractivity contribution in [3.63, 3.8) is 0 Å². The van der Waals surface area contributed by atoms with Crippen molar-refractivity contribution in [3.8, 4) is 5.75 Å². The zero-order chi connectivity index (χ0) is 18.4. The molecule has 4 rings (SSSR count). The minimum Gasteiger partial charge on any atom is -0.465 e. The van der Waals surface area contributed by atoms with Gasteiger partial charge in [-0.3, -0.25) is 9.79 Å². The molecule has 0 saturated carbocycles. The molecule has 2 aromatic rings. The lowest BCUT2D eigenvalue weighted by molar-refractivity contribution is 0.0897. The lowest BCUT2D eigenvalue weighted by Gasteiger charge is -2.35. The van der Waals surface area contributed by atoms with Crippen LogP contribution in [0.5, 0.6) is 5.75 Å². The van der Waals surface area contributed by atoms with Crippen molar-refractivity contribution in [2.75, 3.05) is 19.5 Å². The molecule has 1 aromatic carbocycles. The first-order valence-electron chi connectivity index (χ1n) is 8.14. The van der Waals surface area contributed by atoms with Gasteiger partial charge in [0.05, 0.1) is 36.8 Å². The minimum absolute atomic E-state index is 0.165. The number of ether oxygens (including phenoxy) is 1. The van der Waals surface area contributed by atoms with Gasteiger partial charge in [0.1, 0.15) is 0 Å². The Morgan fingerprint density at radius 1 is 1.27 bits per heavy atom. The highest BCUT2D eigenvalue weighted by molar-refractivity contribution is 7.86. The molecule has 1 atom stereocenters. The lowest BCUT2D eigenvalue weighted by atomic mass is 9.73. The molecule has 3 heterocycles. The third-order valence-electron chi connectivity index (χ3n) is 4.66. The van der Waals surface area contributed by atoms with Gasteiger partial charge >= 0.3 is 10.1 Å².